The molecule has 0 unspecified atom stereocenters. The zero-order valence-corrected chi connectivity index (χ0v) is 16.0. The van der Waals surface area contributed by atoms with Crippen LogP contribution in [0, 0.1) is 6.92 Å². The van der Waals surface area contributed by atoms with Gasteiger partial charge < -0.3 is 4.74 Å². The van der Waals surface area contributed by atoms with Gasteiger partial charge >= 0.3 is 5.97 Å². The van der Waals surface area contributed by atoms with Crippen LogP contribution in [0.15, 0.2) is 72.8 Å². The van der Waals surface area contributed by atoms with Gasteiger partial charge in [0.1, 0.15) is 5.75 Å². The van der Waals surface area contributed by atoms with Crippen molar-refractivity contribution in [2.24, 2.45) is 0 Å². The van der Waals surface area contributed by atoms with Crippen molar-refractivity contribution >= 4 is 5.97 Å². The third-order valence-corrected chi connectivity index (χ3v) is 4.05. The third-order valence-electron chi connectivity index (χ3n) is 4.05. The van der Waals surface area contributed by atoms with Crippen LogP contribution in [0.1, 0.15) is 42.3 Å². The van der Waals surface area contributed by atoms with Gasteiger partial charge in [0.25, 0.3) is 0 Å². The molecule has 0 aliphatic rings. The van der Waals surface area contributed by atoms with Gasteiger partial charge in [0.15, 0.2) is 0 Å². The van der Waals surface area contributed by atoms with E-state index in [1.807, 2.05) is 62.4 Å². The normalized spacial score (nSPS) is 9.85. The summed E-state index contributed by atoms with van der Waals surface area (Å²) in [6.45, 7) is 8.16. The lowest BCUT2D eigenvalue weighted by Gasteiger charge is -2.07. The van der Waals surface area contributed by atoms with Gasteiger partial charge in [-0.05, 0) is 54.3 Å². The Bertz CT molecular complexity index is 814. The van der Waals surface area contributed by atoms with Crippen molar-refractivity contribution in [3.8, 4) is 16.9 Å². The second-order valence-electron chi connectivity index (χ2n) is 5.83. The predicted molar refractivity (Wildman–Crippen MR) is 109 cm³/mol. The Kier molecular flexibility index (Phi) is 7.16. The van der Waals surface area contributed by atoms with E-state index in [-0.39, 0.29) is 5.97 Å². The van der Waals surface area contributed by atoms with Gasteiger partial charge in [0.2, 0.25) is 0 Å². The highest BCUT2D eigenvalue weighted by molar-refractivity contribution is 5.91. The van der Waals surface area contributed by atoms with Crippen molar-refractivity contribution in [2.45, 2.75) is 34.1 Å². The number of aryl methyl sites for hydroxylation is 2. The number of esters is 1. The Morgan fingerprint density at radius 3 is 1.77 bits per heavy atom. The summed E-state index contributed by atoms with van der Waals surface area (Å²) in [5, 5.41) is 0. The van der Waals surface area contributed by atoms with E-state index in [0.29, 0.717) is 11.3 Å². The summed E-state index contributed by atoms with van der Waals surface area (Å²) in [5.41, 5.74) is 5.25. The summed E-state index contributed by atoms with van der Waals surface area (Å²) in [4.78, 5) is 12.2. The summed E-state index contributed by atoms with van der Waals surface area (Å²) in [6.07, 6.45) is 0.954. The van der Waals surface area contributed by atoms with Gasteiger partial charge in [-0.3, -0.25) is 0 Å². The first-order valence-corrected chi connectivity index (χ1v) is 9.14. The topological polar surface area (TPSA) is 26.3 Å². The smallest absolute Gasteiger partial charge is 0.343 e. The third kappa shape index (κ3) is 5.06. The number of carbonyl (C=O) groups is 1. The van der Waals surface area contributed by atoms with Crippen LogP contribution in [0.3, 0.4) is 0 Å². The lowest BCUT2D eigenvalue weighted by Crippen LogP contribution is -2.08. The predicted octanol–water partition coefficient (Wildman–Crippen LogP) is 6.47. The summed E-state index contributed by atoms with van der Waals surface area (Å²) in [6, 6.07) is 23.5. The van der Waals surface area contributed by atoms with Crippen LogP contribution >= 0.6 is 0 Å². The molecule has 0 heterocycles. The van der Waals surface area contributed by atoms with Gasteiger partial charge in [-0.1, -0.05) is 74.9 Å². The fraction of sp³-hybridized carbons (Fsp3) is 0.208. The Morgan fingerprint density at radius 1 is 0.769 bits per heavy atom. The molecule has 0 bridgehead atoms. The van der Waals surface area contributed by atoms with E-state index in [9.17, 15) is 4.79 Å². The van der Waals surface area contributed by atoms with Crippen LogP contribution in [0.2, 0.25) is 0 Å². The molecule has 0 saturated carbocycles. The number of rotatable bonds is 4. The fourth-order valence-corrected chi connectivity index (χ4v) is 2.50. The molecule has 0 aromatic heterocycles. The van der Waals surface area contributed by atoms with E-state index in [0.717, 1.165) is 17.5 Å². The van der Waals surface area contributed by atoms with Crippen LogP contribution in [-0.2, 0) is 6.42 Å². The van der Waals surface area contributed by atoms with Crippen molar-refractivity contribution in [1.29, 1.82) is 0 Å². The number of benzene rings is 3. The van der Waals surface area contributed by atoms with Crippen LogP contribution in [0.4, 0.5) is 0 Å². The molecule has 0 spiro atoms. The number of carbonyl (C=O) groups excluding carboxylic acids is 1. The first kappa shape index (κ1) is 19.5. The maximum Gasteiger partial charge on any atom is 0.343 e. The minimum Gasteiger partial charge on any atom is -0.423 e. The highest BCUT2D eigenvalue weighted by Crippen LogP contribution is 2.23. The summed E-state index contributed by atoms with van der Waals surface area (Å²) in [5.74, 6) is 0.219. The molecule has 0 fully saturated rings. The average Bonchev–Trinajstić information content (AvgIpc) is 2.71. The molecule has 0 atom stereocenters. The number of hydrogen-bond donors (Lipinski definition) is 0. The van der Waals surface area contributed by atoms with Crippen molar-refractivity contribution in [3.63, 3.8) is 0 Å². The molecule has 3 rings (SSSR count). The van der Waals surface area contributed by atoms with Crippen LogP contribution < -0.4 is 4.74 Å². The monoisotopic (exact) mass is 346 g/mol. The molecule has 0 amide bonds. The molecule has 3 aromatic rings. The van der Waals surface area contributed by atoms with Crippen LogP contribution in [0.5, 0.6) is 5.75 Å². The number of hydrogen-bond acceptors (Lipinski definition) is 2. The molecule has 3 aromatic carbocycles. The van der Waals surface area contributed by atoms with Gasteiger partial charge in [-0.2, -0.15) is 0 Å². The van der Waals surface area contributed by atoms with E-state index < -0.39 is 0 Å². The van der Waals surface area contributed by atoms with Crippen molar-refractivity contribution < 1.29 is 9.53 Å². The highest BCUT2D eigenvalue weighted by atomic mass is 16.5. The van der Waals surface area contributed by atoms with Gasteiger partial charge in [0.05, 0.1) is 5.56 Å². The Balaban J connectivity index is 0.00000117. The second-order valence-corrected chi connectivity index (χ2v) is 5.83. The maximum absolute atomic E-state index is 12.2. The van der Waals surface area contributed by atoms with Crippen molar-refractivity contribution in [3.05, 3.63) is 89.5 Å². The largest absolute Gasteiger partial charge is 0.423 e. The van der Waals surface area contributed by atoms with E-state index >= 15 is 0 Å². The highest BCUT2D eigenvalue weighted by Gasteiger charge is 2.08. The lowest BCUT2D eigenvalue weighted by atomic mass is 10.0. The molecular weight excluding hydrogens is 320 g/mol. The van der Waals surface area contributed by atoms with E-state index in [2.05, 4.69) is 38.1 Å². The first-order valence-electron chi connectivity index (χ1n) is 9.14. The molecule has 0 N–H and O–H groups in total. The van der Waals surface area contributed by atoms with Crippen molar-refractivity contribution in [1.82, 2.24) is 0 Å². The summed E-state index contributed by atoms with van der Waals surface area (Å²) < 4.78 is 5.44. The minimum absolute atomic E-state index is 0.333. The van der Waals surface area contributed by atoms with E-state index in [1.54, 1.807) is 0 Å². The van der Waals surface area contributed by atoms with E-state index in [4.69, 9.17) is 4.74 Å². The summed E-state index contributed by atoms with van der Waals surface area (Å²) in [7, 11) is 0. The van der Waals surface area contributed by atoms with Gasteiger partial charge in [0, 0.05) is 0 Å². The van der Waals surface area contributed by atoms with Crippen molar-refractivity contribution in [2.75, 3.05) is 0 Å². The quantitative estimate of drug-likeness (QED) is 0.400. The molecular formula is C24H26O2. The lowest BCUT2D eigenvalue weighted by molar-refractivity contribution is 0.0735. The number of ether oxygens (including phenoxy) is 1. The molecule has 0 aliphatic carbocycles. The standard InChI is InChI=1S/C22H20O2.C2H6/c1-3-17-6-10-20(11-7-17)22(23)24-21-14-12-19(13-15-21)18-8-4-16(2)5-9-18;1-2/h4-15H,3H2,1-2H3;1-2H3. The van der Waals surface area contributed by atoms with Gasteiger partial charge in [-0.25, -0.2) is 4.79 Å². The molecule has 2 heteroatoms. The minimum atomic E-state index is -0.333. The molecule has 2 nitrogen and oxygen atoms in total. The molecule has 0 aliphatic heterocycles. The van der Waals surface area contributed by atoms with Crippen LogP contribution in [-0.4, -0.2) is 5.97 Å². The molecule has 134 valence electrons. The SMILES string of the molecule is CC.CCc1ccc(C(=O)Oc2ccc(-c3ccc(C)cc3)cc2)cc1. The first-order chi connectivity index (χ1) is 12.7. The Labute approximate surface area is 156 Å². The fourth-order valence-electron chi connectivity index (χ4n) is 2.50. The Morgan fingerprint density at radius 2 is 1.27 bits per heavy atom. The molecule has 0 radical (unpaired) electrons. The summed E-state index contributed by atoms with van der Waals surface area (Å²) >= 11 is 0. The molecule has 26 heavy (non-hydrogen) atoms. The molecule has 0 saturated heterocycles. The van der Waals surface area contributed by atoms with Crippen LogP contribution in [0.25, 0.3) is 11.1 Å². The second kappa shape index (κ2) is 9.57. The van der Waals surface area contributed by atoms with Gasteiger partial charge in [-0.15, -0.1) is 0 Å². The maximum atomic E-state index is 12.2. The Hall–Kier alpha value is -2.87. The zero-order valence-electron chi connectivity index (χ0n) is 16.0. The zero-order chi connectivity index (χ0) is 18.9. The van der Waals surface area contributed by atoms with E-state index in [1.165, 1.54) is 11.1 Å². The average molecular weight is 346 g/mol.